The molecule has 4 aromatic rings. The van der Waals surface area contributed by atoms with Crippen LogP contribution >= 0.6 is 23.4 Å². The second kappa shape index (κ2) is 10.4. The first-order valence-electron chi connectivity index (χ1n) is 10.5. The Morgan fingerprint density at radius 3 is 2.49 bits per heavy atom. The van der Waals surface area contributed by atoms with Crippen LogP contribution in [0.5, 0.6) is 0 Å². The SMILES string of the molecule is CC(C)(C)CC(=O)Cl.Cn1nc(NCl)c2ncnc(C(=O)NCc3ccc4oc(=O)n(C)c4c3)c21. The Bertz CT molecular complexity index is 1450. The minimum atomic E-state index is -0.436. The van der Waals surface area contributed by atoms with Crippen LogP contribution in [0.4, 0.5) is 5.82 Å². The van der Waals surface area contributed by atoms with Gasteiger partial charge < -0.3 is 9.73 Å². The summed E-state index contributed by atoms with van der Waals surface area (Å²) in [7, 11) is 3.30. The predicted octanol–water partition coefficient (Wildman–Crippen LogP) is 3.49. The van der Waals surface area contributed by atoms with Crippen LogP contribution < -0.4 is 15.9 Å². The molecule has 186 valence electrons. The van der Waals surface area contributed by atoms with Crippen molar-refractivity contribution in [1.82, 2.24) is 29.6 Å². The molecule has 1 amide bonds. The molecule has 4 rings (SSSR count). The van der Waals surface area contributed by atoms with Crippen LogP contribution in [0.15, 0.2) is 33.7 Å². The number of hydrogen-bond donors (Lipinski definition) is 2. The number of carbonyl (C=O) groups excluding carboxylic acids is 2. The minimum absolute atomic E-state index is 0.0405. The number of rotatable bonds is 5. The van der Waals surface area contributed by atoms with Crippen molar-refractivity contribution < 1.29 is 14.0 Å². The van der Waals surface area contributed by atoms with E-state index in [1.54, 1.807) is 32.3 Å². The maximum atomic E-state index is 12.6. The maximum Gasteiger partial charge on any atom is 0.419 e. The summed E-state index contributed by atoms with van der Waals surface area (Å²) >= 11 is 10.8. The molecule has 3 aromatic heterocycles. The standard InChI is InChI=1S/C16H14ClN7O3.C6H11ClO/c1-23-9-5-8(3-4-10(9)27-16(23)26)6-18-15(25)12-13-11(19-7-20-12)14(21-17)22-24(13)2;1-6(2,3)4-5(7)8/h3-5,7H,6H2,1-2H3,(H,18,25)(H,21,22);4H2,1-3H3. The second-order valence-electron chi connectivity index (χ2n) is 8.99. The monoisotopic (exact) mass is 521 g/mol. The van der Waals surface area contributed by atoms with E-state index in [-0.39, 0.29) is 28.8 Å². The van der Waals surface area contributed by atoms with Crippen LogP contribution in [0.1, 0.15) is 43.2 Å². The van der Waals surface area contributed by atoms with E-state index in [4.69, 9.17) is 27.8 Å². The highest BCUT2D eigenvalue weighted by molar-refractivity contribution is 6.63. The highest BCUT2D eigenvalue weighted by Crippen LogP contribution is 2.22. The van der Waals surface area contributed by atoms with Crippen molar-refractivity contribution in [3.05, 3.63) is 46.3 Å². The van der Waals surface area contributed by atoms with E-state index in [1.807, 2.05) is 20.8 Å². The Balaban J connectivity index is 0.000000371. The molecular weight excluding hydrogens is 497 g/mol. The number of amides is 1. The van der Waals surface area contributed by atoms with Crippen molar-refractivity contribution in [2.45, 2.75) is 33.7 Å². The van der Waals surface area contributed by atoms with Crippen molar-refractivity contribution >= 4 is 62.5 Å². The topological polar surface area (TPSA) is 137 Å². The number of halogens is 2. The lowest BCUT2D eigenvalue weighted by Gasteiger charge is -2.13. The van der Waals surface area contributed by atoms with Gasteiger partial charge in [-0.25, -0.2) is 14.8 Å². The Hall–Kier alpha value is -3.44. The molecule has 0 radical (unpaired) electrons. The van der Waals surface area contributed by atoms with Crippen molar-refractivity contribution in [2.75, 3.05) is 4.84 Å². The highest BCUT2D eigenvalue weighted by Gasteiger charge is 2.19. The molecule has 0 spiro atoms. The molecule has 0 unspecified atom stereocenters. The molecule has 13 heteroatoms. The Morgan fingerprint density at radius 1 is 1.17 bits per heavy atom. The van der Waals surface area contributed by atoms with Gasteiger partial charge in [-0.05, 0) is 34.7 Å². The molecule has 11 nitrogen and oxygen atoms in total. The summed E-state index contributed by atoms with van der Waals surface area (Å²) in [6.07, 6.45) is 1.73. The first-order chi connectivity index (χ1) is 16.4. The number of fused-ring (bicyclic) bond motifs is 2. The number of nitrogens with one attached hydrogen (secondary N) is 2. The molecule has 0 aliphatic rings. The van der Waals surface area contributed by atoms with Gasteiger partial charge in [0.05, 0.1) is 5.52 Å². The summed E-state index contributed by atoms with van der Waals surface area (Å²) in [6.45, 7) is 6.19. The van der Waals surface area contributed by atoms with Gasteiger partial charge in [0.15, 0.2) is 17.1 Å². The quantitative estimate of drug-likeness (QED) is 0.300. The number of oxazole rings is 1. The van der Waals surface area contributed by atoms with Crippen LogP contribution in [0.25, 0.3) is 22.1 Å². The van der Waals surface area contributed by atoms with Crippen LogP contribution in [0.3, 0.4) is 0 Å². The number of carbonyl (C=O) groups is 2. The molecule has 0 saturated heterocycles. The molecule has 3 heterocycles. The lowest BCUT2D eigenvalue weighted by Crippen LogP contribution is -2.24. The molecule has 35 heavy (non-hydrogen) atoms. The largest absolute Gasteiger partial charge is 0.419 e. The number of aryl methyl sites for hydroxylation is 2. The molecule has 0 aliphatic carbocycles. The average Bonchev–Trinajstić information content (AvgIpc) is 3.26. The van der Waals surface area contributed by atoms with Gasteiger partial charge in [-0.15, -0.1) is 0 Å². The Kier molecular flexibility index (Phi) is 7.81. The van der Waals surface area contributed by atoms with Gasteiger partial charge in [0, 0.05) is 38.8 Å². The van der Waals surface area contributed by atoms with Gasteiger partial charge in [0.2, 0.25) is 5.24 Å². The third-order valence-electron chi connectivity index (χ3n) is 4.90. The zero-order valence-corrected chi connectivity index (χ0v) is 21.4. The third kappa shape index (κ3) is 6.17. The number of aromatic nitrogens is 5. The third-order valence-corrected chi connectivity index (χ3v) is 5.22. The first-order valence-corrected chi connectivity index (χ1v) is 11.3. The zero-order valence-electron chi connectivity index (χ0n) is 19.8. The first kappa shape index (κ1) is 26.2. The van der Waals surface area contributed by atoms with Gasteiger partial charge in [0.25, 0.3) is 5.91 Å². The van der Waals surface area contributed by atoms with Gasteiger partial charge in [-0.3, -0.25) is 23.7 Å². The molecule has 0 atom stereocenters. The zero-order chi connectivity index (χ0) is 25.9. The van der Waals surface area contributed by atoms with Crippen molar-refractivity contribution in [1.29, 1.82) is 0 Å². The van der Waals surface area contributed by atoms with Crippen LogP contribution in [0.2, 0.25) is 0 Å². The Labute approximate surface area is 210 Å². The summed E-state index contributed by atoms with van der Waals surface area (Å²) < 4.78 is 8.00. The smallest absolute Gasteiger partial charge is 0.408 e. The normalized spacial score (nSPS) is 11.3. The average molecular weight is 522 g/mol. The van der Waals surface area contributed by atoms with E-state index in [9.17, 15) is 14.4 Å². The van der Waals surface area contributed by atoms with E-state index in [0.29, 0.717) is 34.4 Å². The van der Waals surface area contributed by atoms with E-state index in [1.165, 1.54) is 15.6 Å². The molecule has 0 aliphatic heterocycles. The molecular formula is C22H25Cl2N7O4. The van der Waals surface area contributed by atoms with Crippen molar-refractivity contribution in [2.24, 2.45) is 19.5 Å². The number of nitrogens with zero attached hydrogens (tertiary/aromatic N) is 5. The van der Waals surface area contributed by atoms with Gasteiger partial charge >= 0.3 is 5.76 Å². The number of anilines is 1. The van der Waals surface area contributed by atoms with E-state index in [0.717, 1.165) is 5.56 Å². The molecule has 0 bridgehead atoms. The fraction of sp³-hybridized carbons (Fsp3) is 0.364. The van der Waals surface area contributed by atoms with Crippen LogP contribution in [-0.2, 0) is 25.4 Å². The van der Waals surface area contributed by atoms with Crippen molar-refractivity contribution in [3.63, 3.8) is 0 Å². The summed E-state index contributed by atoms with van der Waals surface area (Å²) in [4.78, 5) is 45.1. The lowest BCUT2D eigenvalue weighted by molar-refractivity contribution is -0.113. The summed E-state index contributed by atoms with van der Waals surface area (Å²) in [5, 5.41) is 6.72. The number of hydrogen-bond acceptors (Lipinski definition) is 8. The van der Waals surface area contributed by atoms with Gasteiger partial charge in [-0.2, -0.15) is 5.10 Å². The van der Waals surface area contributed by atoms with E-state index >= 15 is 0 Å². The van der Waals surface area contributed by atoms with Gasteiger partial charge in [-0.1, -0.05) is 26.8 Å². The summed E-state index contributed by atoms with van der Waals surface area (Å²) in [6, 6.07) is 5.26. The second-order valence-corrected chi connectivity index (χ2v) is 9.60. The van der Waals surface area contributed by atoms with Gasteiger partial charge in [0.1, 0.15) is 17.4 Å². The predicted molar refractivity (Wildman–Crippen MR) is 133 cm³/mol. The highest BCUT2D eigenvalue weighted by atomic mass is 35.5. The lowest BCUT2D eigenvalue weighted by atomic mass is 9.93. The molecule has 1 aromatic carbocycles. The van der Waals surface area contributed by atoms with E-state index < -0.39 is 5.76 Å². The Morgan fingerprint density at radius 2 is 1.89 bits per heavy atom. The summed E-state index contributed by atoms with van der Waals surface area (Å²) in [5.41, 5.74) is 3.09. The molecule has 2 N–H and O–H groups in total. The van der Waals surface area contributed by atoms with Crippen LogP contribution in [-0.4, -0.2) is 35.5 Å². The fourth-order valence-corrected chi connectivity index (χ4v) is 3.83. The van der Waals surface area contributed by atoms with E-state index in [2.05, 4.69) is 25.2 Å². The van der Waals surface area contributed by atoms with Crippen molar-refractivity contribution in [3.8, 4) is 0 Å². The number of benzene rings is 1. The molecule has 0 saturated carbocycles. The molecule has 0 fully saturated rings. The fourth-order valence-electron chi connectivity index (χ4n) is 3.30. The van der Waals surface area contributed by atoms with Crippen LogP contribution in [0, 0.1) is 5.41 Å². The summed E-state index contributed by atoms with van der Waals surface area (Å²) in [5.74, 6) is -0.473. The minimum Gasteiger partial charge on any atom is -0.408 e. The maximum absolute atomic E-state index is 12.6.